The zero-order valence-corrected chi connectivity index (χ0v) is 14.0. The summed E-state index contributed by atoms with van der Waals surface area (Å²) in [5.41, 5.74) is 2.07. The molecule has 1 amide bonds. The SMILES string of the molecule is Cc1[nH]c(=O)c(C#N)c(C)c1CCC(=O)NCC1CCCN1C. The van der Waals surface area contributed by atoms with E-state index in [0.29, 0.717) is 31.0 Å². The van der Waals surface area contributed by atoms with Crippen LogP contribution in [0.5, 0.6) is 0 Å². The summed E-state index contributed by atoms with van der Waals surface area (Å²) in [6.45, 7) is 5.34. The van der Waals surface area contributed by atoms with Crippen LogP contribution in [-0.2, 0) is 11.2 Å². The van der Waals surface area contributed by atoms with Gasteiger partial charge in [0.05, 0.1) is 0 Å². The number of nitrogens with zero attached hydrogens (tertiary/aromatic N) is 2. The first-order chi connectivity index (χ1) is 10.9. The van der Waals surface area contributed by atoms with E-state index in [1.807, 2.05) is 6.07 Å². The Bertz CT molecular complexity index is 687. The van der Waals surface area contributed by atoms with E-state index in [1.165, 1.54) is 6.42 Å². The molecule has 1 fully saturated rings. The lowest BCUT2D eigenvalue weighted by molar-refractivity contribution is -0.121. The van der Waals surface area contributed by atoms with E-state index in [1.54, 1.807) is 13.8 Å². The summed E-state index contributed by atoms with van der Waals surface area (Å²) < 4.78 is 0. The molecule has 1 atom stereocenters. The number of hydrogen-bond acceptors (Lipinski definition) is 4. The zero-order valence-electron chi connectivity index (χ0n) is 14.0. The zero-order chi connectivity index (χ0) is 17.0. The molecule has 1 aliphatic rings. The van der Waals surface area contributed by atoms with Gasteiger partial charge in [0, 0.05) is 24.7 Å². The average Bonchev–Trinajstić information content (AvgIpc) is 2.90. The van der Waals surface area contributed by atoms with Crippen molar-refractivity contribution in [1.29, 1.82) is 5.26 Å². The van der Waals surface area contributed by atoms with Gasteiger partial charge in [-0.15, -0.1) is 0 Å². The predicted octanol–water partition coefficient (Wildman–Crippen LogP) is 1.01. The van der Waals surface area contributed by atoms with Gasteiger partial charge in [-0.2, -0.15) is 5.26 Å². The van der Waals surface area contributed by atoms with Crippen LogP contribution in [0.15, 0.2) is 4.79 Å². The van der Waals surface area contributed by atoms with Gasteiger partial charge < -0.3 is 15.2 Å². The Morgan fingerprint density at radius 2 is 2.22 bits per heavy atom. The summed E-state index contributed by atoms with van der Waals surface area (Å²) in [4.78, 5) is 28.7. The van der Waals surface area contributed by atoms with Gasteiger partial charge in [-0.1, -0.05) is 0 Å². The van der Waals surface area contributed by atoms with Crippen molar-refractivity contribution in [2.75, 3.05) is 20.1 Å². The number of aryl methyl sites for hydroxylation is 1. The number of nitriles is 1. The number of likely N-dealkylation sites (N-methyl/N-ethyl adjacent to an activating group) is 1. The molecule has 1 aromatic rings. The maximum atomic E-state index is 12.1. The molecular weight excluding hydrogens is 292 g/mol. The molecule has 0 saturated carbocycles. The lowest BCUT2D eigenvalue weighted by atomic mass is 9.99. The number of pyridine rings is 1. The monoisotopic (exact) mass is 316 g/mol. The molecule has 124 valence electrons. The van der Waals surface area contributed by atoms with Crippen LogP contribution in [0.3, 0.4) is 0 Å². The van der Waals surface area contributed by atoms with Crippen molar-refractivity contribution >= 4 is 5.91 Å². The number of carbonyl (C=O) groups excluding carboxylic acids is 1. The van der Waals surface area contributed by atoms with Gasteiger partial charge in [-0.25, -0.2) is 0 Å². The minimum Gasteiger partial charge on any atom is -0.355 e. The summed E-state index contributed by atoms with van der Waals surface area (Å²) in [6.07, 6.45) is 3.19. The molecule has 0 radical (unpaired) electrons. The second-order valence-electron chi connectivity index (χ2n) is 6.25. The lowest BCUT2D eigenvalue weighted by Gasteiger charge is -2.19. The number of nitrogens with one attached hydrogen (secondary N) is 2. The van der Waals surface area contributed by atoms with Gasteiger partial charge >= 0.3 is 0 Å². The molecule has 0 aliphatic carbocycles. The third kappa shape index (κ3) is 3.99. The van der Waals surface area contributed by atoms with Crippen LogP contribution in [0.4, 0.5) is 0 Å². The van der Waals surface area contributed by atoms with Crippen LogP contribution in [0.2, 0.25) is 0 Å². The van der Waals surface area contributed by atoms with Crippen molar-refractivity contribution in [3.8, 4) is 6.07 Å². The second kappa shape index (κ2) is 7.42. The molecule has 2 rings (SSSR count). The Morgan fingerprint density at radius 3 is 2.83 bits per heavy atom. The van der Waals surface area contributed by atoms with Crippen molar-refractivity contribution in [2.24, 2.45) is 0 Å². The van der Waals surface area contributed by atoms with Crippen molar-refractivity contribution in [1.82, 2.24) is 15.2 Å². The molecule has 6 nitrogen and oxygen atoms in total. The summed E-state index contributed by atoms with van der Waals surface area (Å²) >= 11 is 0. The Labute approximate surface area is 136 Å². The minimum absolute atomic E-state index is 0.00816. The highest BCUT2D eigenvalue weighted by molar-refractivity contribution is 5.76. The number of amides is 1. The third-order valence-corrected chi connectivity index (χ3v) is 4.73. The van der Waals surface area contributed by atoms with Gasteiger partial charge in [-0.3, -0.25) is 9.59 Å². The molecule has 0 spiro atoms. The van der Waals surface area contributed by atoms with Gasteiger partial charge in [-0.05, 0) is 57.8 Å². The molecule has 1 aliphatic heterocycles. The van der Waals surface area contributed by atoms with Crippen LogP contribution in [0.25, 0.3) is 0 Å². The predicted molar refractivity (Wildman–Crippen MR) is 88.2 cm³/mol. The topological polar surface area (TPSA) is 89.0 Å². The molecule has 1 saturated heterocycles. The van der Waals surface area contributed by atoms with Crippen molar-refractivity contribution < 1.29 is 4.79 Å². The first kappa shape index (κ1) is 17.2. The Balaban J connectivity index is 1.94. The fraction of sp³-hybridized carbons (Fsp3) is 0.588. The number of H-pyrrole nitrogens is 1. The smallest absolute Gasteiger partial charge is 0.266 e. The van der Waals surface area contributed by atoms with Crippen molar-refractivity contribution in [2.45, 2.75) is 45.6 Å². The molecule has 0 bridgehead atoms. The lowest BCUT2D eigenvalue weighted by Crippen LogP contribution is -2.38. The van der Waals surface area contributed by atoms with Crippen LogP contribution in [-0.4, -0.2) is 42.0 Å². The molecule has 0 aromatic carbocycles. The van der Waals surface area contributed by atoms with Crippen molar-refractivity contribution in [3.05, 3.63) is 32.7 Å². The standard InChI is InChI=1S/C17H24N4O2/c1-11-14(12(2)20-17(23)15(11)9-18)6-7-16(22)19-10-13-5-4-8-21(13)3/h13H,4-8,10H2,1-3H3,(H,19,22)(H,20,23). The highest BCUT2D eigenvalue weighted by Crippen LogP contribution is 2.16. The van der Waals surface area contributed by atoms with Gasteiger partial charge in [0.1, 0.15) is 11.6 Å². The van der Waals surface area contributed by atoms with Crippen LogP contribution < -0.4 is 10.9 Å². The largest absolute Gasteiger partial charge is 0.355 e. The summed E-state index contributed by atoms with van der Waals surface area (Å²) in [5.74, 6) is 0.00816. The summed E-state index contributed by atoms with van der Waals surface area (Å²) in [7, 11) is 2.08. The molecule has 6 heteroatoms. The maximum absolute atomic E-state index is 12.1. The number of carbonyl (C=O) groups is 1. The van der Waals surface area contributed by atoms with E-state index in [2.05, 4.69) is 22.2 Å². The molecule has 23 heavy (non-hydrogen) atoms. The van der Waals surface area contributed by atoms with Crippen LogP contribution >= 0.6 is 0 Å². The van der Waals surface area contributed by atoms with Crippen LogP contribution in [0, 0.1) is 25.2 Å². The van der Waals surface area contributed by atoms with Crippen LogP contribution in [0.1, 0.15) is 41.6 Å². The Kier molecular flexibility index (Phi) is 5.56. The number of hydrogen-bond donors (Lipinski definition) is 2. The summed E-state index contributed by atoms with van der Waals surface area (Å²) in [6, 6.07) is 2.37. The van der Waals surface area contributed by atoms with E-state index in [-0.39, 0.29) is 17.0 Å². The molecule has 2 N–H and O–H groups in total. The highest BCUT2D eigenvalue weighted by Gasteiger charge is 2.21. The molecule has 2 heterocycles. The Hall–Kier alpha value is -2.13. The Morgan fingerprint density at radius 1 is 1.48 bits per heavy atom. The first-order valence-electron chi connectivity index (χ1n) is 8.03. The molecule has 1 aromatic heterocycles. The maximum Gasteiger partial charge on any atom is 0.266 e. The van der Waals surface area contributed by atoms with E-state index >= 15 is 0 Å². The summed E-state index contributed by atoms with van der Waals surface area (Å²) in [5, 5.41) is 12.1. The van der Waals surface area contributed by atoms with E-state index in [0.717, 1.165) is 24.2 Å². The fourth-order valence-electron chi connectivity index (χ4n) is 3.22. The van der Waals surface area contributed by atoms with Gasteiger partial charge in [0.25, 0.3) is 5.56 Å². The minimum atomic E-state index is -0.361. The normalized spacial score (nSPS) is 17.9. The van der Waals surface area contributed by atoms with Gasteiger partial charge in [0.15, 0.2) is 0 Å². The average molecular weight is 316 g/mol. The fourth-order valence-corrected chi connectivity index (χ4v) is 3.22. The van der Waals surface area contributed by atoms with Crippen molar-refractivity contribution in [3.63, 3.8) is 0 Å². The van der Waals surface area contributed by atoms with E-state index in [9.17, 15) is 9.59 Å². The molecular formula is C17H24N4O2. The van der Waals surface area contributed by atoms with E-state index < -0.39 is 0 Å². The first-order valence-corrected chi connectivity index (χ1v) is 8.03. The van der Waals surface area contributed by atoms with Gasteiger partial charge in [0.2, 0.25) is 5.91 Å². The quantitative estimate of drug-likeness (QED) is 0.848. The second-order valence-corrected chi connectivity index (χ2v) is 6.25. The highest BCUT2D eigenvalue weighted by atomic mass is 16.1. The van der Waals surface area contributed by atoms with E-state index in [4.69, 9.17) is 5.26 Å². The number of likely N-dealkylation sites (tertiary alicyclic amines) is 1. The number of aromatic nitrogens is 1. The number of aromatic amines is 1. The number of rotatable bonds is 5. The third-order valence-electron chi connectivity index (χ3n) is 4.73. The molecule has 1 unspecified atom stereocenters.